The van der Waals surface area contributed by atoms with Crippen LogP contribution in [0.1, 0.15) is 39.2 Å². The number of carbonyl (C=O) groups excluding carboxylic acids is 1. The Labute approximate surface area is 130 Å². The number of hydrogen-bond donors (Lipinski definition) is 2. The molecule has 0 saturated heterocycles. The predicted molar refractivity (Wildman–Crippen MR) is 83.9 cm³/mol. The molecule has 1 fully saturated rings. The first kappa shape index (κ1) is 16.6. The van der Waals surface area contributed by atoms with Gasteiger partial charge < -0.3 is 14.3 Å². The van der Waals surface area contributed by atoms with Crippen molar-refractivity contribution in [2.75, 3.05) is 19.0 Å². The molecule has 1 amide bonds. The van der Waals surface area contributed by atoms with Crippen molar-refractivity contribution in [1.29, 1.82) is 0 Å². The monoisotopic (exact) mass is 308 g/mol. The second-order valence-corrected chi connectivity index (χ2v) is 6.63. The van der Waals surface area contributed by atoms with E-state index in [1.165, 1.54) is 0 Å². The summed E-state index contributed by atoms with van der Waals surface area (Å²) >= 11 is 0. The second kappa shape index (κ2) is 6.14. The Kier molecular flexibility index (Phi) is 4.63. The van der Waals surface area contributed by atoms with Crippen LogP contribution in [0.5, 0.6) is 5.75 Å². The molecule has 22 heavy (non-hydrogen) atoms. The molecule has 1 saturated carbocycles. The van der Waals surface area contributed by atoms with Crippen molar-refractivity contribution in [3.05, 3.63) is 23.8 Å². The van der Waals surface area contributed by atoms with Crippen molar-refractivity contribution in [3.63, 3.8) is 0 Å². The Morgan fingerprint density at radius 3 is 2.55 bits per heavy atom. The minimum absolute atomic E-state index is 0.0649. The van der Waals surface area contributed by atoms with E-state index in [9.17, 15) is 4.79 Å². The van der Waals surface area contributed by atoms with E-state index in [1.54, 1.807) is 13.2 Å². The number of nitrogens with one attached hydrogen (secondary N) is 1. The zero-order valence-electron chi connectivity index (χ0n) is 13.6. The van der Waals surface area contributed by atoms with E-state index in [0.717, 1.165) is 18.4 Å². The van der Waals surface area contributed by atoms with Crippen LogP contribution in [-0.2, 0) is 15.0 Å². The summed E-state index contributed by atoms with van der Waals surface area (Å²) in [6.45, 7) is 5.92. The van der Waals surface area contributed by atoms with Crippen LogP contribution in [0.15, 0.2) is 18.2 Å². The van der Waals surface area contributed by atoms with Crippen molar-refractivity contribution < 1.29 is 19.1 Å². The van der Waals surface area contributed by atoms with Gasteiger partial charge in [-0.05, 0) is 39.7 Å². The molecule has 0 spiro atoms. The van der Waals surface area contributed by atoms with E-state index in [2.05, 4.69) is 5.32 Å². The van der Waals surface area contributed by atoms with Crippen LogP contribution in [0.25, 0.3) is 0 Å². The average molecular weight is 308 g/mol. The highest BCUT2D eigenvalue weighted by molar-refractivity contribution is 5.85. The SMILES string of the molecule is COc1cc(NC(=O)OC(C)(C)C)ccc1C1(CON)CC1. The van der Waals surface area contributed by atoms with E-state index < -0.39 is 11.7 Å². The Morgan fingerprint density at radius 1 is 1.36 bits per heavy atom. The molecule has 3 N–H and O–H groups in total. The Morgan fingerprint density at radius 2 is 2.05 bits per heavy atom. The molecule has 0 aromatic heterocycles. The summed E-state index contributed by atoms with van der Waals surface area (Å²) in [5.74, 6) is 5.93. The van der Waals surface area contributed by atoms with E-state index in [4.69, 9.17) is 20.2 Å². The van der Waals surface area contributed by atoms with Crippen LogP contribution >= 0.6 is 0 Å². The molecule has 6 heteroatoms. The minimum Gasteiger partial charge on any atom is -0.496 e. The van der Waals surface area contributed by atoms with Crippen LogP contribution in [-0.4, -0.2) is 25.4 Å². The van der Waals surface area contributed by atoms with Crippen molar-refractivity contribution >= 4 is 11.8 Å². The molecule has 0 radical (unpaired) electrons. The zero-order chi connectivity index (χ0) is 16.4. The standard InChI is InChI=1S/C16H24N2O4/c1-15(2,3)22-14(19)18-11-5-6-12(13(9-11)20-4)16(7-8-16)10-21-17/h5-6,9H,7-8,10,17H2,1-4H3,(H,18,19). The minimum atomic E-state index is -0.537. The van der Waals surface area contributed by atoms with E-state index in [1.807, 2.05) is 32.9 Å². The lowest BCUT2D eigenvalue weighted by Gasteiger charge is -2.21. The number of amides is 1. The number of benzene rings is 1. The third-order valence-electron chi connectivity index (χ3n) is 3.63. The third-order valence-corrected chi connectivity index (χ3v) is 3.63. The highest BCUT2D eigenvalue weighted by Crippen LogP contribution is 2.51. The molecule has 0 heterocycles. The number of carbonyl (C=O) groups is 1. The van der Waals surface area contributed by atoms with Crippen molar-refractivity contribution in [2.45, 2.75) is 44.6 Å². The summed E-state index contributed by atoms with van der Waals surface area (Å²) in [6, 6.07) is 5.56. The summed E-state index contributed by atoms with van der Waals surface area (Å²) in [5, 5.41) is 2.71. The lowest BCUT2D eigenvalue weighted by molar-refractivity contribution is 0.0636. The van der Waals surface area contributed by atoms with Gasteiger partial charge in [-0.1, -0.05) is 6.07 Å². The number of rotatable bonds is 5. The molecule has 122 valence electrons. The van der Waals surface area contributed by atoms with Crippen LogP contribution in [0.4, 0.5) is 10.5 Å². The van der Waals surface area contributed by atoms with E-state index in [-0.39, 0.29) is 5.41 Å². The molecule has 1 aliphatic rings. The number of anilines is 1. The summed E-state index contributed by atoms with van der Waals surface area (Å²) in [7, 11) is 1.61. The average Bonchev–Trinajstić information content (AvgIpc) is 3.17. The highest BCUT2D eigenvalue weighted by Gasteiger charge is 2.46. The largest absolute Gasteiger partial charge is 0.496 e. The van der Waals surface area contributed by atoms with Crippen LogP contribution in [0, 0.1) is 0 Å². The van der Waals surface area contributed by atoms with Crippen LogP contribution < -0.4 is 16.0 Å². The molecule has 0 aliphatic heterocycles. The van der Waals surface area contributed by atoms with Crippen LogP contribution in [0.2, 0.25) is 0 Å². The highest BCUT2D eigenvalue weighted by atomic mass is 16.6. The van der Waals surface area contributed by atoms with E-state index >= 15 is 0 Å². The maximum absolute atomic E-state index is 11.8. The Hall–Kier alpha value is -1.79. The van der Waals surface area contributed by atoms with Gasteiger partial charge in [-0.2, -0.15) is 0 Å². The van der Waals surface area contributed by atoms with Gasteiger partial charge in [0.25, 0.3) is 0 Å². The van der Waals surface area contributed by atoms with Gasteiger partial charge in [-0.25, -0.2) is 10.7 Å². The summed E-state index contributed by atoms with van der Waals surface area (Å²) in [6.07, 6.45) is 1.53. The number of methoxy groups -OCH3 is 1. The number of ether oxygens (including phenoxy) is 2. The van der Waals surface area contributed by atoms with Gasteiger partial charge in [-0.3, -0.25) is 5.32 Å². The van der Waals surface area contributed by atoms with Gasteiger partial charge in [0.1, 0.15) is 11.4 Å². The zero-order valence-corrected chi connectivity index (χ0v) is 13.6. The maximum Gasteiger partial charge on any atom is 0.412 e. The second-order valence-electron chi connectivity index (χ2n) is 6.63. The number of hydrogen-bond acceptors (Lipinski definition) is 5. The molecule has 0 bridgehead atoms. The topological polar surface area (TPSA) is 82.8 Å². The maximum atomic E-state index is 11.8. The molecule has 1 aliphatic carbocycles. The fraction of sp³-hybridized carbons (Fsp3) is 0.562. The molecule has 1 aromatic rings. The van der Waals surface area contributed by atoms with Crippen molar-refractivity contribution in [1.82, 2.24) is 0 Å². The fourth-order valence-electron chi connectivity index (χ4n) is 2.43. The van der Waals surface area contributed by atoms with Crippen molar-refractivity contribution in [2.24, 2.45) is 5.90 Å². The first-order valence-electron chi connectivity index (χ1n) is 7.30. The first-order valence-corrected chi connectivity index (χ1v) is 7.30. The van der Waals surface area contributed by atoms with Gasteiger partial charge in [0.05, 0.1) is 13.7 Å². The summed E-state index contributed by atoms with van der Waals surface area (Å²) < 4.78 is 10.7. The normalized spacial score (nSPS) is 16.0. The molecule has 2 rings (SSSR count). The molecular weight excluding hydrogens is 284 g/mol. The smallest absolute Gasteiger partial charge is 0.412 e. The van der Waals surface area contributed by atoms with Gasteiger partial charge in [0.2, 0.25) is 0 Å². The third kappa shape index (κ3) is 3.90. The molecule has 1 aromatic carbocycles. The van der Waals surface area contributed by atoms with Gasteiger partial charge in [-0.15, -0.1) is 0 Å². The molecule has 6 nitrogen and oxygen atoms in total. The Bertz CT molecular complexity index is 548. The predicted octanol–water partition coefficient (Wildman–Crippen LogP) is 2.96. The van der Waals surface area contributed by atoms with Crippen LogP contribution in [0.3, 0.4) is 0 Å². The molecule has 0 atom stereocenters. The van der Waals surface area contributed by atoms with Gasteiger partial charge in [0, 0.05) is 22.7 Å². The summed E-state index contributed by atoms with van der Waals surface area (Å²) in [5.41, 5.74) is 1.07. The summed E-state index contributed by atoms with van der Waals surface area (Å²) in [4.78, 5) is 16.6. The quantitative estimate of drug-likeness (QED) is 0.817. The van der Waals surface area contributed by atoms with Crippen molar-refractivity contribution in [3.8, 4) is 5.75 Å². The lowest BCUT2D eigenvalue weighted by Crippen LogP contribution is -2.27. The first-order chi connectivity index (χ1) is 10.3. The van der Waals surface area contributed by atoms with Gasteiger partial charge >= 0.3 is 6.09 Å². The number of nitrogens with two attached hydrogens (primary N) is 1. The fourth-order valence-corrected chi connectivity index (χ4v) is 2.43. The van der Waals surface area contributed by atoms with Gasteiger partial charge in [0.15, 0.2) is 0 Å². The lowest BCUT2D eigenvalue weighted by atomic mass is 9.95. The van der Waals surface area contributed by atoms with E-state index in [0.29, 0.717) is 18.0 Å². The molecular formula is C16H24N2O4. The molecule has 0 unspecified atom stereocenters. The Balaban J connectivity index is 2.14.